The second kappa shape index (κ2) is 6.95. The Morgan fingerprint density at radius 2 is 1.90 bits per heavy atom. The summed E-state index contributed by atoms with van der Waals surface area (Å²) in [6, 6.07) is 2.04. The number of rotatable bonds is 7. The van der Waals surface area contributed by atoms with Crippen molar-refractivity contribution < 1.29 is 13.2 Å². The van der Waals surface area contributed by atoms with Gasteiger partial charge in [-0.05, 0) is 24.0 Å². The third kappa shape index (κ3) is 5.80. The van der Waals surface area contributed by atoms with Crippen LogP contribution in [0.15, 0.2) is 18.3 Å². The zero-order valence-corrected chi connectivity index (χ0v) is 12.3. The van der Waals surface area contributed by atoms with Crippen LogP contribution in [0.3, 0.4) is 0 Å². The molecule has 1 aromatic heterocycles. The first-order valence-corrected chi connectivity index (χ1v) is 7.02. The van der Waals surface area contributed by atoms with E-state index in [4.69, 9.17) is 0 Å². The van der Waals surface area contributed by atoms with Crippen LogP contribution in [0.4, 0.5) is 19.0 Å². The number of halogens is 3. The van der Waals surface area contributed by atoms with E-state index >= 15 is 0 Å². The van der Waals surface area contributed by atoms with Crippen molar-refractivity contribution in [1.82, 2.24) is 4.98 Å². The summed E-state index contributed by atoms with van der Waals surface area (Å²) >= 11 is 0. The van der Waals surface area contributed by atoms with E-state index in [9.17, 15) is 13.2 Å². The first kappa shape index (κ1) is 16.8. The van der Waals surface area contributed by atoms with Gasteiger partial charge in [0.1, 0.15) is 5.82 Å². The van der Waals surface area contributed by atoms with Crippen LogP contribution >= 0.6 is 0 Å². The lowest BCUT2D eigenvalue weighted by molar-refractivity contribution is -0.137. The average Bonchev–Trinajstić information content (AvgIpc) is 2.36. The molecule has 0 saturated carbocycles. The molecule has 1 heterocycles. The topological polar surface area (TPSA) is 24.9 Å². The van der Waals surface area contributed by atoms with Crippen molar-refractivity contribution in [2.45, 2.75) is 52.6 Å². The molecule has 0 radical (unpaired) electrons. The molecule has 0 bridgehead atoms. The highest BCUT2D eigenvalue weighted by molar-refractivity contribution is 5.38. The van der Waals surface area contributed by atoms with E-state index in [1.807, 2.05) is 0 Å². The second-order valence-electron chi connectivity index (χ2n) is 5.90. The van der Waals surface area contributed by atoms with E-state index < -0.39 is 11.7 Å². The third-order valence-electron chi connectivity index (χ3n) is 3.29. The molecule has 5 heteroatoms. The van der Waals surface area contributed by atoms with Gasteiger partial charge >= 0.3 is 6.18 Å². The van der Waals surface area contributed by atoms with Crippen molar-refractivity contribution in [2.24, 2.45) is 5.41 Å². The van der Waals surface area contributed by atoms with Gasteiger partial charge in [-0.3, -0.25) is 0 Å². The van der Waals surface area contributed by atoms with Gasteiger partial charge in [0.05, 0.1) is 5.56 Å². The van der Waals surface area contributed by atoms with E-state index in [1.165, 1.54) is 19.0 Å². The molecular weight excluding hydrogens is 265 g/mol. The number of nitrogens with one attached hydrogen (secondary N) is 1. The summed E-state index contributed by atoms with van der Waals surface area (Å²) < 4.78 is 37.8. The van der Waals surface area contributed by atoms with Crippen molar-refractivity contribution in [3.05, 3.63) is 23.9 Å². The van der Waals surface area contributed by atoms with Gasteiger partial charge in [0.15, 0.2) is 0 Å². The summed E-state index contributed by atoms with van der Waals surface area (Å²) in [5, 5.41) is 3.01. The predicted molar refractivity (Wildman–Crippen MR) is 75.7 cm³/mol. The molecule has 0 aliphatic carbocycles. The maximum Gasteiger partial charge on any atom is 0.416 e. The lowest BCUT2D eigenvalue weighted by Gasteiger charge is -2.25. The number of hydrogen-bond acceptors (Lipinski definition) is 2. The first-order chi connectivity index (χ1) is 9.24. The molecule has 1 N–H and O–H groups in total. The van der Waals surface area contributed by atoms with Gasteiger partial charge in [-0.2, -0.15) is 13.2 Å². The minimum absolute atomic E-state index is 0.0467. The maximum absolute atomic E-state index is 12.6. The molecule has 1 rings (SSSR count). The fraction of sp³-hybridized carbons (Fsp3) is 0.667. The molecule has 0 fully saturated rings. The predicted octanol–water partition coefficient (Wildman–Crippen LogP) is 5.12. The summed E-state index contributed by atoms with van der Waals surface area (Å²) in [6.07, 6.45) is 1.41. The number of alkyl halides is 3. The average molecular weight is 288 g/mol. The molecule has 0 spiro atoms. The highest BCUT2D eigenvalue weighted by Gasteiger charge is 2.30. The molecule has 0 aliphatic rings. The fourth-order valence-electron chi connectivity index (χ4n) is 1.98. The molecule has 0 amide bonds. The van der Waals surface area contributed by atoms with Gasteiger partial charge in [0.25, 0.3) is 0 Å². The van der Waals surface area contributed by atoms with Crippen molar-refractivity contribution in [2.75, 3.05) is 11.9 Å². The van der Waals surface area contributed by atoms with Gasteiger partial charge in [-0.1, -0.05) is 40.0 Å². The van der Waals surface area contributed by atoms with Crippen LogP contribution in [-0.4, -0.2) is 11.5 Å². The summed E-state index contributed by atoms with van der Waals surface area (Å²) in [7, 11) is 0. The van der Waals surface area contributed by atoms with E-state index in [2.05, 4.69) is 31.1 Å². The zero-order valence-electron chi connectivity index (χ0n) is 12.3. The SMILES string of the molecule is CCCCCC(C)(C)CNc1cc(C(F)(F)F)ccn1. The van der Waals surface area contributed by atoms with Crippen LogP contribution in [0.25, 0.3) is 0 Å². The third-order valence-corrected chi connectivity index (χ3v) is 3.29. The highest BCUT2D eigenvalue weighted by Crippen LogP contribution is 2.30. The van der Waals surface area contributed by atoms with Crippen molar-refractivity contribution in [3.8, 4) is 0 Å². The number of hydrogen-bond donors (Lipinski definition) is 1. The maximum atomic E-state index is 12.6. The summed E-state index contributed by atoms with van der Waals surface area (Å²) in [6.45, 7) is 7.00. The molecule has 114 valence electrons. The monoisotopic (exact) mass is 288 g/mol. The second-order valence-corrected chi connectivity index (χ2v) is 5.90. The molecular formula is C15H23F3N2. The summed E-state index contributed by atoms with van der Waals surface area (Å²) in [4.78, 5) is 3.94. The molecule has 0 aliphatic heterocycles. The van der Waals surface area contributed by atoms with Gasteiger partial charge in [-0.15, -0.1) is 0 Å². The smallest absolute Gasteiger partial charge is 0.370 e. The van der Waals surface area contributed by atoms with Crippen LogP contribution in [0.2, 0.25) is 0 Å². The Morgan fingerprint density at radius 3 is 2.50 bits per heavy atom. The highest BCUT2D eigenvalue weighted by atomic mass is 19.4. The van der Waals surface area contributed by atoms with Gasteiger partial charge < -0.3 is 5.32 Å². The van der Waals surface area contributed by atoms with Gasteiger partial charge in [0.2, 0.25) is 0 Å². The quantitative estimate of drug-likeness (QED) is 0.704. The molecule has 2 nitrogen and oxygen atoms in total. The van der Waals surface area contributed by atoms with Crippen LogP contribution in [-0.2, 0) is 6.18 Å². The number of aromatic nitrogens is 1. The number of nitrogens with zero attached hydrogens (tertiary/aromatic N) is 1. The molecule has 0 aromatic carbocycles. The van der Waals surface area contributed by atoms with Gasteiger partial charge in [0, 0.05) is 12.7 Å². The Kier molecular flexibility index (Phi) is 5.84. The lowest BCUT2D eigenvalue weighted by atomic mass is 9.87. The number of unbranched alkanes of at least 4 members (excludes halogenated alkanes) is 2. The zero-order chi connectivity index (χ0) is 15.2. The first-order valence-electron chi connectivity index (χ1n) is 7.02. The van der Waals surface area contributed by atoms with Crippen molar-refractivity contribution in [1.29, 1.82) is 0 Å². The fourth-order valence-corrected chi connectivity index (χ4v) is 1.98. The van der Waals surface area contributed by atoms with Crippen molar-refractivity contribution in [3.63, 3.8) is 0 Å². The van der Waals surface area contributed by atoms with Crippen molar-refractivity contribution >= 4 is 5.82 Å². The lowest BCUT2D eigenvalue weighted by Crippen LogP contribution is -2.23. The minimum atomic E-state index is -4.32. The largest absolute Gasteiger partial charge is 0.416 e. The molecule has 0 unspecified atom stereocenters. The number of pyridine rings is 1. The van der Waals surface area contributed by atoms with Gasteiger partial charge in [-0.25, -0.2) is 4.98 Å². The Morgan fingerprint density at radius 1 is 1.20 bits per heavy atom. The summed E-state index contributed by atoms with van der Waals surface area (Å²) in [5.41, 5.74) is -0.621. The van der Waals surface area contributed by atoms with E-state index in [-0.39, 0.29) is 11.2 Å². The van der Waals surface area contributed by atoms with Crippen LogP contribution in [0.1, 0.15) is 52.0 Å². The van der Waals surface area contributed by atoms with E-state index in [1.54, 1.807) is 0 Å². The Bertz CT molecular complexity index is 414. The number of anilines is 1. The van der Waals surface area contributed by atoms with E-state index in [0.29, 0.717) is 6.54 Å². The Balaban J connectivity index is 2.57. The Labute approximate surface area is 118 Å². The molecule has 1 aromatic rings. The summed E-state index contributed by atoms with van der Waals surface area (Å²) in [5.74, 6) is 0.281. The molecule has 20 heavy (non-hydrogen) atoms. The standard InChI is InChI=1S/C15H23F3N2/c1-4-5-6-8-14(2,3)11-20-13-10-12(7-9-19-13)15(16,17)18/h7,9-10H,4-6,8,11H2,1-3H3,(H,19,20). The minimum Gasteiger partial charge on any atom is -0.370 e. The van der Waals surface area contributed by atoms with E-state index in [0.717, 1.165) is 25.0 Å². The van der Waals surface area contributed by atoms with Crippen LogP contribution in [0.5, 0.6) is 0 Å². The molecule has 0 saturated heterocycles. The van der Waals surface area contributed by atoms with Crippen LogP contribution in [0, 0.1) is 5.41 Å². The Hall–Kier alpha value is -1.26. The normalized spacial score (nSPS) is 12.5. The van der Waals surface area contributed by atoms with Crippen LogP contribution < -0.4 is 5.32 Å². The molecule has 0 atom stereocenters.